The van der Waals surface area contributed by atoms with Crippen molar-refractivity contribution in [3.8, 4) is 0 Å². The molecule has 0 fully saturated rings. The number of halogens is 4. The predicted molar refractivity (Wildman–Crippen MR) is 66.6 cm³/mol. The van der Waals surface area contributed by atoms with Gasteiger partial charge in [0, 0.05) is 6.42 Å². The van der Waals surface area contributed by atoms with E-state index in [1.807, 2.05) is 0 Å². The van der Waals surface area contributed by atoms with E-state index in [9.17, 15) is 30.5 Å². The van der Waals surface area contributed by atoms with Crippen LogP contribution in [-0.4, -0.2) is 25.3 Å². The molecule has 114 valence electrons. The number of hydrogen-bond acceptors (Lipinski definition) is 3. The standard InChI is InChI=1S/C13H10F4O3S.K/c14-12(15)13(16,17)7-9-3-1-2-8-6-10(21(18,19)20)4-5-11(8)9;/h1-6,12H,7H2,(H,18,19,20);/q;+1/p-1. The van der Waals surface area contributed by atoms with Crippen molar-refractivity contribution in [3.63, 3.8) is 0 Å². The second-order valence-electron chi connectivity index (χ2n) is 4.49. The minimum absolute atomic E-state index is 0. The normalized spacial score (nSPS) is 12.5. The zero-order chi connectivity index (χ0) is 15.8. The van der Waals surface area contributed by atoms with Gasteiger partial charge >= 0.3 is 63.7 Å². The maximum absolute atomic E-state index is 13.1. The Morgan fingerprint density at radius 1 is 1.14 bits per heavy atom. The summed E-state index contributed by atoms with van der Waals surface area (Å²) in [6, 6.07) is 7.16. The summed E-state index contributed by atoms with van der Waals surface area (Å²) in [5.74, 6) is -4.18. The summed E-state index contributed by atoms with van der Waals surface area (Å²) >= 11 is 0. The molecule has 22 heavy (non-hydrogen) atoms. The SMILES string of the molecule is O=S(=O)([O-])c1ccc2c(CC(F)(F)C(F)F)cccc2c1.[K+]. The second-order valence-corrected chi connectivity index (χ2v) is 5.87. The summed E-state index contributed by atoms with van der Waals surface area (Å²) in [5, 5.41) is 0.416. The van der Waals surface area contributed by atoms with Crippen LogP contribution in [0.3, 0.4) is 0 Å². The molecular weight excluding hydrogens is 351 g/mol. The molecule has 0 aliphatic rings. The molecule has 0 heterocycles. The molecule has 0 bridgehead atoms. The van der Waals surface area contributed by atoms with E-state index in [-0.39, 0.29) is 67.7 Å². The zero-order valence-corrected chi connectivity index (χ0v) is 15.3. The molecule has 0 radical (unpaired) electrons. The Balaban J connectivity index is 0.00000242. The first-order valence-electron chi connectivity index (χ1n) is 5.75. The Morgan fingerprint density at radius 2 is 1.77 bits per heavy atom. The maximum atomic E-state index is 13.1. The van der Waals surface area contributed by atoms with Crippen LogP contribution in [-0.2, 0) is 16.5 Å². The third-order valence-corrected chi connectivity index (χ3v) is 3.81. The first kappa shape index (κ1) is 20.0. The van der Waals surface area contributed by atoms with Gasteiger partial charge in [-0.15, -0.1) is 0 Å². The van der Waals surface area contributed by atoms with Crippen molar-refractivity contribution in [1.82, 2.24) is 0 Å². The average Bonchev–Trinajstić information content (AvgIpc) is 2.37. The van der Waals surface area contributed by atoms with Crippen LogP contribution in [0.25, 0.3) is 10.8 Å². The van der Waals surface area contributed by atoms with Crippen LogP contribution < -0.4 is 51.4 Å². The fourth-order valence-electron chi connectivity index (χ4n) is 1.97. The molecule has 0 aromatic heterocycles. The molecule has 2 aromatic carbocycles. The maximum Gasteiger partial charge on any atom is 1.00 e. The van der Waals surface area contributed by atoms with Gasteiger partial charge in [-0.3, -0.25) is 0 Å². The van der Waals surface area contributed by atoms with Crippen LogP contribution in [0.15, 0.2) is 41.3 Å². The first-order valence-corrected chi connectivity index (χ1v) is 7.15. The molecule has 0 atom stereocenters. The summed E-state index contributed by atoms with van der Waals surface area (Å²) in [7, 11) is -4.67. The van der Waals surface area contributed by atoms with Crippen LogP contribution in [0, 0.1) is 0 Å². The molecule has 2 rings (SSSR count). The Hall–Kier alpha value is -0.0336. The quantitative estimate of drug-likeness (QED) is 0.444. The molecule has 0 aliphatic carbocycles. The van der Waals surface area contributed by atoms with Gasteiger partial charge in [0.25, 0.3) is 0 Å². The third-order valence-electron chi connectivity index (χ3n) is 2.98. The molecule has 0 aliphatic heterocycles. The van der Waals surface area contributed by atoms with E-state index in [1.54, 1.807) is 0 Å². The van der Waals surface area contributed by atoms with Crippen LogP contribution in [0.2, 0.25) is 0 Å². The Bertz CT molecular complexity index is 778. The molecule has 2 aromatic rings. The van der Waals surface area contributed by atoms with Crippen molar-refractivity contribution < 1.29 is 81.9 Å². The van der Waals surface area contributed by atoms with E-state index in [1.165, 1.54) is 18.2 Å². The fourth-order valence-corrected chi connectivity index (χ4v) is 2.48. The number of alkyl halides is 4. The summed E-state index contributed by atoms with van der Waals surface area (Å²) in [6.07, 6.45) is -4.97. The molecule has 0 saturated heterocycles. The van der Waals surface area contributed by atoms with E-state index < -0.39 is 33.8 Å². The molecule has 0 saturated carbocycles. The average molecular weight is 360 g/mol. The number of hydrogen-bond donors (Lipinski definition) is 0. The molecule has 0 N–H and O–H groups in total. The van der Waals surface area contributed by atoms with Crippen molar-refractivity contribution in [2.75, 3.05) is 0 Å². The van der Waals surface area contributed by atoms with Crippen molar-refractivity contribution in [2.24, 2.45) is 0 Å². The van der Waals surface area contributed by atoms with Gasteiger partial charge in [0.05, 0.1) is 4.90 Å². The van der Waals surface area contributed by atoms with E-state index in [0.29, 0.717) is 0 Å². The van der Waals surface area contributed by atoms with Gasteiger partial charge in [-0.2, -0.15) is 8.78 Å². The van der Waals surface area contributed by atoms with E-state index in [0.717, 1.165) is 18.2 Å². The van der Waals surface area contributed by atoms with Gasteiger partial charge in [-0.05, 0) is 28.5 Å². The van der Waals surface area contributed by atoms with Gasteiger partial charge in [0.1, 0.15) is 10.1 Å². The van der Waals surface area contributed by atoms with Crippen molar-refractivity contribution in [2.45, 2.75) is 23.7 Å². The largest absolute Gasteiger partial charge is 1.00 e. The second kappa shape index (κ2) is 7.24. The minimum atomic E-state index is -4.67. The van der Waals surface area contributed by atoms with Gasteiger partial charge in [0.2, 0.25) is 0 Å². The molecule has 0 spiro atoms. The number of fused-ring (bicyclic) bond motifs is 1. The smallest absolute Gasteiger partial charge is 0.744 e. The molecule has 0 amide bonds. The number of rotatable bonds is 4. The molecular formula is C13H9F4KO3S. The summed E-state index contributed by atoms with van der Waals surface area (Å²) in [6.45, 7) is 0. The van der Waals surface area contributed by atoms with Gasteiger partial charge < -0.3 is 4.55 Å². The third kappa shape index (κ3) is 4.50. The summed E-state index contributed by atoms with van der Waals surface area (Å²) in [4.78, 5) is -0.507. The Kier molecular flexibility index (Phi) is 6.59. The van der Waals surface area contributed by atoms with Gasteiger partial charge in [-0.1, -0.05) is 24.3 Å². The topological polar surface area (TPSA) is 57.2 Å². The van der Waals surface area contributed by atoms with Crippen molar-refractivity contribution in [1.29, 1.82) is 0 Å². The van der Waals surface area contributed by atoms with Crippen LogP contribution in [0.1, 0.15) is 5.56 Å². The van der Waals surface area contributed by atoms with Crippen LogP contribution in [0.4, 0.5) is 17.6 Å². The van der Waals surface area contributed by atoms with Gasteiger partial charge in [0.15, 0.2) is 0 Å². The van der Waals surface area contributed by atoms with E-state index in [4.69, 9.17) is 0 Å². The van der Waals surface area contributed by atoms with Crippen LogP contribution >= 0.6 is 0 Å². The Morgan fingerprint density at radius 3 is 2.32 bits per heavy atom. The van der Waals surface area contributed by atoms with Crippen molar-refractivity contribution >= 4 is 20.9 Å². The summed E-state index contributed by atoms with van der Waals surface area (Å²) < 4.78 is 83.5. The molecule has 3 nitrogen and oxygen atoms in total. The first-order chi connectivity index (χ1) is 9.61. The predicted octanol–water partition coefficient (Wildman–Crippen LogP) is 0.191. The van der Waals surface area contributed by atoms with Crippen molar-refractivity contribution in [3.05, 3.63) is 42.0 Å². The Labute approximate surface area is 166 Å². The number of benzene rings is 2. The monoisotopic (exact) mass is 360 g/mol. The van der Waals surface area contributed by atoms with E-state index in [2.05, 4.69) is 0 Å². The summed E-state index contributed by atoms with van der Waals surface area (Å²) in [5.41, 5.74) is -0.0485. The fraction of sp³-hybridized carbons (Fsp3) is 0.231. The zero-order valence-electron chi connectivity index (χ0n) is 11.4. The van der Waals surface area contributed by atoms with Gasteiger partial charge in [-0.25, -0.2) is 17.2 Å². The van der Waals surface area contributed by atoms with Crippen LogP contribution in [0.5, 0.6) is 0 Å². The minimum Gasteiger partial charge on any atom is -0.744 e. The molecule has 9 heteroatoms. The molecule has 0 unspecified atom stereocenters. The van der Waals surface area contributed by atoms with E-state index >= 15 is 0 Å².